The largest absolute Gasteiger partial charge is 0.394 e. The van der Waals surface area contributed by atoms with Gasteiger partial charge in [-0.25, -0.2) is 4.68 Å². The van der Waals surface area contributed by atoms with Crippen LogP contribution in [0.15, 0.2) is 30.6 Å². The third-order valence-corrected chi connectivity index (χ3v) is 2.45. The summed E-state index contributed by atoms with van der Waals surface area (Å²) in [5.41, 5.74) is 6.84. The minimum Gasteiger partial charge on any atom is -0.394 e. The van der Waals surface area contributed by atoms with Crippen LogP contribution < -0.4 is 5.73 Å². The summed E-state index contributed by atoms with van der Waals surface area (Å²) in [5.74, 6) is 0. The summed E-state index contributed by atoms with van der Waals surface area (Å²) in [7, 11) is 0. The smallest absolute Gasteiger partial charge is 0.143 e. The number of rotatable bonds is 3. The molecule has 0 aliphatic carbocycles. The molecule has 0 radical (unpaired) electrons. The van der Waals surface area contributed by atoms with Gasteiger partial charge in [-0.1, -0.05) is 12.1 Å². The molecular formula is C10H13N5O. The molecule has 0 aliphatic heterocycles. The first kappa shape index (κ1) is 10.7. The topological polar surface area (TPSA) is 89.8 Å². The fourth-order valence-electron chi connectivity index (χ4n) is 1.37. The van der Waals surface area contributed by atoms with Crippen LogP contribution in [0.2, 0.25) is 0 Å². The SMILES string of the molecule is CC(N)(CO)c1cccc(-n2cnnn2)c1. The monoisotopic (exact) mass is 219 g/mol. The van der Waals surface area contributed by atoms with Gasteiger partial charge in [-0.3, -0.25) is 0 Å². The summed E-state index contributed by atoms with van der Waals surface area (Å²) in [6.07, 6.45) is 1.51. The van der Waals surface area contributed by atoms with Crippen LogP contribution in [0, 0.1) is 0 Å². The van der Waals surface area contributed by atoms with Gasteiger partial charge in [0.15, 0.2) is 0 Å². The second-order valence-corrected chi connectivity index (χ2v) is 3.88. The molecule has 6 heteroatoms. The highest BCUT2D eigenvalue weighted by atomic mass is 16.3. The van der Waals surface area contributed by atoms with E-state index in [2.05, 4.69) is 15.5 Å². The maximum absolute atomic E-state index is 9.20. The minimum absolute atomic E-state index is 0.119. The predicted octanol–water partition coefficient (Wildman–Crippen LogP) is -0.172. The van der Waals surface area contributed by atoms with Crippen molar-refractivity contribution in [2.45, 2.75) is 12.5 Å². The van der Waals surface area contributed by atoms with Crippen LogP contribution in [0.3, 0.4) is 0 Å². The van der Waals surface area contributed by atoms with Crippen molar-refractivity contribution >= 4 is 0 Å². The summed E-state index contributed by atoms with van der Waals surface area (Å²) in [5, 5.41) is 20.1. The normalized spacial score (nSPS) is 14.7. The zero-order valence-corrected chi connectivity index (χ0v) is 8.91. The van der Waals surface area contributed by atoms with Crippen molar-refractivity contribution in [3.05, 3.63) is 36.2 Å². The van der Waals surface area contributed by atoms with Crippen LogP contribution in [-0.4, -0.2) is 31.9 Å². The maximum atomic E-state index is 9.20. The molecule has 0 spiro atoms. The van der Waals surface area contributed by atoms with Crippen molar-refractivity contribution in [3.63, 3.8) is 0 Å². The Bertz CT molecular complexity index is 466. The van der Waals surface area contributed by atoms with Crippen LogP contribution in [0.5, 0.6) is 0 Å². The van der Waals surface area contributed by atoms with E-state index in [0.29, 0.717) is 0 Å². The average molecular weight is 219 g/mol. The number of tetrazole rings is 1. The standard InChI is InChI=1S/C10H13N5O/c1-10(11,6-16)8-3-2-4-9(5-8)15-7-12-13-14-15/h2-5,7,16H,6,11H2,1H3. The Hall–Kier alpha value is -1.79. The molecule has 0 saturated carbocycles. The van der Waals surface area contributed by atoms with Gasteiger partial charge in [0.25, 0.3) is 0 Å². The third kappa shape index (κ3) is 1.93. The van der Waals surface area contributed by atoms with Gasteiger partial charge >= 0.3 is 0 Å². The summed E-state index contributed by atoms with van der Waals surface area (Å²) < 4.78 is 1.54. The highest BCUT2D eigenvalue weighted by Crippen LogP contribution is 2.19. The minimum atomic E-state index is -0.760. The molecule has 1 aromatic carbocycles. The molecular weight excluding hydrogens is 206 g/mol. The molecule has 1 aromatic heterocycles. The second kappa shape index (κ2) is 3.99. The predicted molar refractivity (Wildman–Crippen MR) is 57.8 cm³/mol. The number of benzene rings is 1. The maximum Gasteiger partial charge on any atom is 0.143 e. The molecule has 0 amide bonds. The van der Waals surface area contributed by atoms with Crippen molar-refractivity contribution in [3.8, 4) is 5.69 Å². The lowest BCUT2D eigenvalue weighted by atomic mass is 9.94. The highest BCUT2D eigenvalue weighted by Gasteiger charge is 2.20. The van der Waals surface area contributed by atoms with Crippen LogP contribution in [-0.2, 0) is 5.54 Å². The van der Waals surface area contributed by atoms with E-state index in [0.717, 1.165) is 11.3 Å². The molecule has 0 bridgehead atoms. The molecule has 6 nitrogen and oxygen atoms in total. The van der Waals surface area contributed by atoms with E-state index in [4.69, 9.17) is 5.73 Å². The number of nitrogens with two attached hydrogens (primary N) is 1. The Morgan fingerprint density at radius 1 is 1.50 bits per heavy atom. The fourth-order valence-corrected chi connectivity index (χ4v) is 1.37. The van der Waals surface area contributed by atoms with Crippen molar-refractivity contribution in [1.82, 2.24) is 20.2 Å². The van der Waals surface area contributed by atoms with Gasteiger partial charge in [0.2, 0.25) is 0 Å². The zero-order valence-electron chi connectivity index (χ0n) is 8.91. The third-order valence-electron chi connectivity index (χ3n) is 2.45. The molecule has 1 atom stereocenters. The molecule has 0 aliphatic rings. The van der Waals surface area contributed by atoms with Gasteiger partial charge in [0.1, 0.15) is 6.33 Å². The van der Waals surface area contributed by atoms with Crippen LogP contribution in [0.25, 0.3) is 5.69 Å². The molecule has 2 aromatic rings. The van der Waals surface area contributed by atoms with Crippen molar-refractivity contribution < 1.29 is 5.11 Å². The second-order valence-electron chi connectivity index (χ2n) is 3.88. The van der Waals surface area contributed by atoms with E-state index in [-0.39, 0.29) is 6.61 Å². The molecule has 16 heavy (non-hydrogen) atoms. The van der Waals surface area contributed by atoms with Crippen LogP contribution >= 0.6 is 0 Å². The van der Waals surface area contributed by atoms with E-state index in [1.807, 2.05) is 24.3 Å². The van der Waals surface area contributed by atoms with Gasteiger partial charge in [0.05, 0.1) is 17.8 Å². The van der Waals surface area contributed by atoms with Gasteiger partial charge in [-0.05, 0) is 35.0 Å². The van der Waals surface area contributed by atoms with Crippen LogP contribution in [0.1, 0.15) is 12.5 Å². The Morgan fingerprint density at radius 2 is 2.31 bits per heavy atom. The number of hydrogen-bond acceptors (Lipinski definition) is 5. The number of aromatic nitrogens is 4. The summed E-state index contributed by atoms with van der Waals surface area (Å²) in [6, 6.07) is 7.44. The van der Waals surface area contributed by atoms with Gasteiger partial charge < -0.3 is 10.8 Å². The molecule has 84 valence electrons. The first-order valence-corrected chi connectivity index (χ1v) is 4.87. The summed E-state index contributed by atoms with van der Waals surface area (Å²) in [4.78, 5) is 0. The lowest BCUT2D eigenvalue weighted by Crippen LogP contribution is -2.36. The highest BCUT2D eigenvalue weighted by molar-refractivity contribution is 5.37. The first-order chi connectivity index (χ1) is 7.63. The molecule has 1 unspecified atom stereocenters. The number of nitrogens with zero attached hydrogens (tertiary/aromatic N) is 4. The molecule has 3 N–H and O–H groups in total. The number of aliphatic hydroxyl groups is 1. The van der Waals surface area contributed by atoms with Gasteiger partial charge in [0, 0.05) is 0 Å². The Labute approximate surface area is 92.7 Å². The summed E-state index contributed by atoms with van der Waals surface area (Å²) in [6.45, 7) is 1.65. The number of aliphatic hydroxyl groups excluding tert-OH is 1. The Kier molecular flexibility index (Phi) is 2.67. The van der Waals surface area contributed by atoms with Crippen LogP contribution in [0.4, 0.5) is 0 Å². The lowest BCUT2D eigenvalue weighted by molar-refractivity contribution is 0.210. The Morgan fingerprint density at radius 3 is 2.94 bits per heavy atom. The average Bonchev–Trinajstić information content (AvgIpc) is 2.83. The molecule has 0 fully saturated rings. The van der Waals surface area contributed by atoms with E-state index in [1.165, 1.54) is 11.0 Å². The fraction of sp³-hybridized carbons (Fsp3) is 0.300. The van der Waals surface area contributed by atoms with E-state index in [1.54, 1.807) is 6.92 Å². The van der Waals surface area contributed by atoms with Crippen molar-refractivity contribution in [2.24, 2.45) is 5.73 Å². The first-order valence-electron chi connectivity index (χ1n) is 4.87. The quantitative estimate of drug-likeness (QED) is 0.748. The zero-order chi connectivity index (χ0) is 11.6. The van der Waals surface area contributed by atoms with Crippen molar-refractivity contribution in [2.75, 3.05) is 6.61 Å². The molecule has 2 rings (SSSR count). The molecule has 0 saturated heterocycles. The molecule has 1 heterocycles. The Balaban J connectivity index is 2.41. The van der Waals surface area contributed by atoms with E-state index < -0.39 is 5.54 Å². The van der Waals surface area contributed by atoms with Gasteiger partial charge in [-0.15, -0.1) is 5.10 Å². The van der Waals surface area contributed by atoms with Gasteiger partial charge in [-0.2, -0.15) is 0 Å². The van der Waals surface area contributed by atoms with Crippen molar-refractivity contribution in [1.29, 1.82) is 0 Å². The lowest BCUT2D eigenvalue weighted by Gasteiger charge is -2.22. The van der Waals surface area contributed by atoms with E-state index >= 15 is 0 Å². The summed E-state index contributed by atoms with van der Waals surface area (Å²) >= 11 is 0. The van der Waals surface area contributed by atoms with E-state index in [9.17, 15) is 5.11 Å². The number of hydrogen-bond donors (Lipinski definition) is 2.